The molecule has 0 amide bonds. The second-order valence-corrected chi connectivity index (χ2v) is 4.71. The van der Waals surface area contributed by atoms with Crippen molar-refractivity contribution in [2.75, 3.05) is 7.05 Å². The van der Waals surface area contributed by atoms with Crippen LogP contribution in [-0.2, 0) is 6.54 Å². The third-order valence-corrected chi connectivity index (χ3v) is 2.98. The maximum Gasteiger partial charge on any atom is 0.128 e. The first-order chi connectivity index (χ1) is 8.60. The molecule has 0 atom stereocenters. The fraction of sp³-hybridized carbons (Fsp3) is 0.250. The molecular formula is C16H18FN. The van der Waals surface area contributed by atoms with Gasteiger partial charge in [-0.25, -0.2) is 4.39 Å². The van der Waals surface area contributed by atoms with Gasteiger partial charge in [-0.05, 0) is 38.1 Å². The monoisotopic (exact) mass is 243 g/mol. The van der Waals surface area contributed by atoms with Crippen LogP contribution in [-0.4, -0.2) is 7.05 Å². The van der Waals surface area contributed by atoms with Gasteiger partial charge in [-0.3, -0.25) is 0 Å². The highest BCUT2D eigenvalue weighted by atomic mass is 19.1. The van der Waals surface area contributed by atoms with Crippen molar-refractivity contribution < 1.29 is 4.39 Å². The standard InChI is InChI=1S/C16H18FN/c1-11-6-12(2)8-15(7-11)13-4-5-14(10-18-3)16(17)9-13/h4-9,18H,10H2,1-3H3. The van der Waals surface area contributed by atoms with Crippen molar-refractivity contribution >= 4 is 0 Å². The lowest BCUT2D eigenvalue weighted by molar-refractivity contribution is 0.601. The number of hydrogen-bond donors (Lipinski definition) is 1. The SMILES string of the molecule is CNCc1ccc(-c2cc(C)cc(C)c2)cc1F. The van der Waals surface area contributed by atoms with Crippen LogP contribution in [0.5, 0.6) is 0 Å². The molecule has 1 nitrogen and oxygen atoms in total. The van der Waals surface area contributed by atoms with E-state index in [-0.39, 0.29) is 5.82 Å². The molecule has 0 saturated heterocycles. The van der Waals surface area contributed by atoms with E-state index >= 15 is 0 Å². The summed E-state index contributed by atoms with van der Waals surface area (Å²) < 4.78 is 13.9. The fourth-order valence-corrected chi connectivity index (χ4v) is 2.20. The van der Waals surface area contributed by atoms with Gasteiger partial charge in [0, 0.05) is 12.1 Å². The van der Waals surface area contributed by atoms with E-state index in [2.05, 4.69) is 37.4 Å². The summed E-state index contributed by atoms with van der Waals surface area (Å²) in [5, 5.41) is 2.96. The number of hydrogen-bond acceptors (Lipinski definition) is 1. The molecule has 2 heteroatoms. The Balaban J connectivity index is 2.42. The largest absolute Gasteiger partial charge is 0.316 e. The third-order valence-electron chi connectivity index (χ3n) is 2.98. The molecule has 0 aliphatic carbocycles. The van der Waals surface area contributed by atoms with E-state index in [4.69, 9.17) is 0 Å². The van der Waals surface area contributed by atoms with Crippen molar-refractivity contribution in [3.63, 3.8) is 0 Å². The maximum atomic E-state index is 13.9. The Kier molecular flexibility index (Phi) is 3.78. The lowest BCUT2D eigenvalue weighted by atomic mass is 9.99. The normalized spacial score (nSPS) is 10.7. The van der Waals surface area contributed by atoms with Crippen molar-refractivity contribution in [1.82, 2.24) is 5.32 Å². The van der Waals surface area contributed by atoms with Gasteiger partial charge in [-0.15, -0.1) is 0 Å². The molecular weight excluding hydrogens is 225 g/mol. The van der Waals surface area contributed by atoms with Crippen LogP contribution >= 0.6 is 0 Å². The first kappa shape index (κ1) is 12.8. The van der Waals surface area contributed by atoms with E-state index in [1.54, 1.807) is 6.07 Å². The van der Waals surface area contributed by atoms with Crippen molar-refractivity contribution in [3.8, 4) is 11.1 Å². The van der Waals surface area contributed by atoms with Crippen LogP contribution < -0.4 is 5.32 Å². The van der Waals surface area contributed by atoms with Gasteiger partial charge in [0.2, 0.25) is 0 Å². The first-order valence-electron chi connectivity index (χ1n) is 6.12. The van der Waals surface area contributed by atoms with Gasteiger partial charge >= 0.3 is 0 Å². The molecule has 1 N–H and O–H groups in total. The summed E-state index contributed by atoms with van der Waals surface area (Å²) in [6.07, 6.45) is 0. The summed E-state index contributed by atoms with van der Waals surface area (Å²) in [6.45, 7) is 4.67. The second-order valence-electron chi connectivity index (χ2n) is 4.71. The first-order valence-corrected chi connectivity index (χ1v) is 6.12. The predicted octanol–water partition coefficient (Wildman–Crippen LogP) is 3.83. The van der Waals surface area contributed by atoms with Crippen LogP contribution in [0, 0.1) is 19.7 Å². The van der Waals surface area contributed by atoms with Crippen molar-refractivity contribution in [1.29, 1.82) is 0 Å². The van der Waals surface area contributed by atoms with Gasteiger partial charge in [-0.1, -0.05) is 41.5 Å². The molecule has 0 bridgehead atoms. The molecule has 0 radical (unpaired) electrons. The Morgan fingerprint density at radius 2 is 1.61 bits per heavy atom. The van der Waals surface area contributed by atoms with Gasteiger partial charge in [0.1, 0.15) is 5.82 Å². The molecule has 2 aromatic rings. The fourth-order valence-electron chi connectivity index (χ4n) is 2.20. The van der Waals surface area contributed by atoms with Gasteiger partial charge in [-0.2, -0.15) is 0 Å². The molecule has 0 fully saturated rings. The molecule has 0 spiro atoms. The van der Waals surface area contributed by atoms with E-state index in [0.717, 1.165) is 11.1 Å². The zero-order chi connectivity index (χ0) is 13.1. The van der Waals surface area contributed by atoms with E-state index in [1.807, 2.05) is 19.2 Å². The van der Waals surface area contributed by atoms with E-state index in [1.165, 1.54) is 11.1 Å². The highest BCUT2D eigenvalue weighted by molar-refractivity contribution is 5.65. The molecule has 2 aromatic carbocycles. The third kappa shape index (κ3) is 2.77. The molecule has 0 unspecified atom stereocenters. The van der Waals surface area contributed by atoms with Gasteiger partial charge in [0.15, 0.2) is 0 Å². The summed E-state index contributed by atoms with van der Waals surface area (Å²) in [5.74, 6) is -0.152. The Labute approximate surface area is 108 Å². The van der Waals surface area contributed by atoms with Crippen LogP contribution in [0.15, 0.2) is 36.4 Å². The lowest BCUT2D eigenvalue weighted by Crippen LogP contribution is -2.06. The smallest absolute Gasteiger partial charge is 0.128 e. The summed E-state index contributed by atoms with van der Waals surface area (Å²) in [4.78, 5) is 0. The summed E-state index contributed by atoms with van der Waals surface area (Å²) in [5.41, 5.74) is 5.10. The number of halogens is 1. The zero-order valence-corrected chi connectivity index (χ0v) is 11.0. The van der Waals surface area contributed by atoms with E-state index in [9.17, 15) is 4.39 Å². The number of nitrogens with one attached hydrogen (secondary N) is 1. The topological polar surface area (TPSA) is 12.0 Å². The lowest BCUT2D eigenvalue weighted by Gasteiger charge is -2.08. The quantitative estimate of drug-likeness (QED) is 0.864. The molecule has 0 aliphatic rings. The second kappa shape index (κ2) is 5.32. The van der Waals surface area contributed by atoms with Crippen molar-refractivity contribution in [3.05, 3.63) is 58.9 Å². The van der Waals surface area contributed by atoms with Crippen molar-refractivity contribution in [2.24, 2.45) is 0 Å². The minimum absolute atomic E-state index is 0.152. The highest BCUT2D eigenvalue weighted by Gasteiger charge is 2.05. The predicted molar refractivity (Wildman–Crippen MR) is 74.1 cm³/mol. The minimum atomic E-state index is -0.152. The minimum Gasteiger partial charge on any atom is -0.316 e. The Morgan fingerprint density at radius 1 is 0.944 bits per heavy atom. The molecule has 0 heterocycles. The number of benzene rings is 2. The average molecular weight is 243 g/mol. The molecule has 0 aliphatic heterocycles. The molecule has 2 rings (SSSR count). The Bertz CT molecular complexity index is 541. The summed E-state index contributed by atoms with van der Waals surface area (Å²) >= 11 is 0. The van der Waals surface area contributed by atoms with Crippen LogP contribution in [0.4, 0.5) is 4.39 Å². The summed E-state index contributed by atoms with van der Waals surface area (Å²) in [7, 11) is 1.82. The molecule has 18 heavy (non-hydrogen) atoms. The maximum absolute atomic E-state index is 13.9. The van der Waals surface area contributed by atoms with E-state index < -0.39 is 0 Å². The Hall–Kier alpha value is -1.67. The Morgan fingerprint density at radius 3 is 2.17 bits per heavy atom. The van der Waals surface area contributed by atoms with Gasteiger partial charge < -0.3 is 5.32 Å². The zero-order valence-electron chi connectivity index (χ0n) is 11.0. The number of aryl methyl sites for hydroxylation is 2. The molecule has 94 valence electrons. The molecule has 0 saturated carbocycles. The average Bonchev–Trinajstić information content (AvgIpc) is 2.30. The van der Waals surface area contributed by atoms with Gasteiger partial charge in [0.25, 0.3) is 0 Å². The van der Waals surface area contributed by atoms with Gasteiger partial charge in [0.05, 0.1) is 0 Å². The van der Waals surface area contributed by atoms with Crippen LogP contribution in [0.3, 0.4) is 0 Å². The number of rotatable bonds is 3. The van der Waals surface area contributed by atoms with Crippen LogP contribution in [0.1, 0.15) is 16.7 Å². The van der Waals surface area contributed by atoms with E-state index in [0.29, 0.717) is 12.1 Å². The summed E-state index contributed by atoms with van der Waals surface area (Å²) in [6, 6.07) is 11.7. The highest BCUT2D eigenvalue weighted by Crippen LogP contribution is 2.24. The molecule has 0 aromatic heterocycles. The van der Waals surface area contributed by atoms with Crippen LogP contribution in [0.2, 0.25) is 0 Å². The van der Waals surface area contributed by atoms with Crippen molar-refractivity contribution in [2.45, 2.75) is 20.4 Å². The van der Waals surface area contributed by atoms with Crippen LogP contribution in [0.25, 0.3) is 11.1 Å².